The molecule has 0 bridgehead atoms. The molecular weight excluding hydrogens is 236 g/mol. The molecule has 0 aliphatic rings. The predicted octanol–water partition coefficient (Wildman–Crippen LogP) is 3.41. The van der Waals surface area contributed by atoms with Gasteiger partial charge in [-0.3, -0.25) is 0 Å². The van der Waals surface area contributed by atoms with Crippen LogP contribution in [0, 0.1) is 6.92 Å². The molecule has 2 aromatic heterocycles. The molecule has 2 nitrogen and oxygen atoms in total. The first-order chi connectivity index (χ1) is 7.79. The Kier molecular flexibility index (Phi) is 4.09. The number of hydrogen-bond acceptors (Lipinski definition) is 4. The molecule has 1 N–H and O–H groups in total. The first kappa shape index (κ1) is 11.8. The summed E-state index contributed by atoms with van der Waals surface area (Å²) in [5.41, 5.74) is 2.57. The van der Waals surface area contributed by atoms with Crippen LogP contribution in [0.5, 0.6) is 0 Å². The summed E-state index contributed by atoms with van der Waals surface area (Å²) < 4.78 is 0. The fourth-order valence-electron chi connectivity index (χ4n) is 1.71. The van der Waals surface area contributed by atoms with E-state index in [2.05, 4.69) is 46.4 Å². The van der Waals surface area contributed by atoms with Gasteiger partial charge in [0.1, 0.15) is 0 Å². The fraction of sp³-hybridized carbons (Fsp3) is 0.417. The van der Waals surface area contributed by atoms with E-state index >= 15 is 0 Å². The van der Waals surface area contributed by atoms with Gasteiger partial charge in [0.05, 0.1) is 16.7 Å². The van der Waals surface area contributed by atoms with E-state index in [0.29, 0.717) is 6.04 Å². The molecule has 4 heteroatoms. The van der Waals surface area contributed by atoms with Crippen LogP contribution in [0.15, 0.2) is 22.2 Å². The summed E-state index contributed by atoms with van der Waals surface area (Å²) in [6.45, 7) is 5.17. The molecule has 0 saturated carbocycles. The quantitative estimate of drug-likeness (QED) is 0.882. The van der Waals surface area contributed by atoms with Gasteiger partial charge in [-0.15, -0.1) is 11.3 Å². The molecule has 2 aromatic rings. The molecule has 0 spiro atoms. The minimum absolute atomic E-state index is 0.351. The van der Waals surface area contributed by atoms with Gasteiger partial charge in [0.15, 0.2) is 0 Å². The van der Waals surface area contributed by atoms with Gasteiger partial charge in [-0.2, -0.15) is 11.3 Å². The van der Waals surface area contributed by atoms with E-state index in [0.717, 1.165) is 18.0 Å². The van der Waals surface area contributed by atoms with Crippen LogP contribution in [0.3, 0.4) is 0 Å². The van der Waals surface area contributed by atoms with Crippen molar-refractivity contribution in [2.24, 2.45) is 0 Å². The minimum atomic E-state index is 0.351. The number of aromatic nitrogens is 1. The molecule has 0 aliphatic heterocycles. The van der Waals surface area contributed by atoms with Gasteiger partial charge in [0, 0.05) is 5.38 Å². The van der Waals surface area contributed by atoms with Crippen molar-refractivity contribution in [1.29, 1.82) is 0 Å². The minimum Gasteiger partial charge on any atom is -0.309 e. The Bertz CT molecular complexity index is 420. The standard InChI is InChI=1S/C12H16N2S2/c1-3-13-11(6-10-4-5-15-7-10)12-8-16-9(2)14-12/h4-5,7-8,11,13H,3,6H2,1-2H3. The van der Waals surface area contributed by atoms with Crippen LogP contribution in [-0.4, -0.2) is 11.5 Å². The highest BCUT2D eigenvalue weighted by molar-refractivity contribution is 7.09. The first-order valence-corrected chi connectivity index (χ1v) is 7.28. The van der Waals surface area contributed by atoms with E-state index in [-0.39, 0.29) is 0 Å². The summed E-state index contributed by atoms with van der Waals surface area (Å²) in [6.07, 6.45) is 1.03. The summed E-state index contributed by atoms with van der Waals surface area (Å²) in [4.78, 5) is 4.57. The molecule has 2 rings (SSSR count). The normalized spacial score (nSPS) is 12.9. The number of hydrogen-bond donors (Lipinski definition) is 1. The van der Waals surface area contributed by atoms with Crippen molar-refractivity contribution in [1.82, 2.24) is 10.3 Å². The highest BCUT2D eigenvalue weighted by Gasteiger charge is 2.14. The second-order valence-corrected chi connectivity index (χ2v) is 5.58. The van der Waals surface area contributed by atoms with E-state index in [1.807, 2.05) is 0 Å². The van der Waals surface area contributed by atoms with Gasteiger partial charge in [0.25, 0.3) is 0 Å². The van der Waals surface area contributed by atoms with Gasteiger partial charge >= 0.3 is 0 Å². The number of nitrogens with one attached hydrogen (secondary N) is 1. The zero-order chi connectivity index (χ0) is 11.4. The average Bonchev–Trinajstić information content (AvgIpc) is 2.88. The number of thiazole rings is 1. The zero-order valence-corrected chi connectivity index (χ0v) is 11.2. The maximum atomic E-state index is 4.57. The second-order valence-electron chi connectivity index (χ2n) is 3.74. The molecule has 1 atom stereocenters. The van der Waals surface area contributed by atoms with Crippen LogP contribution in [0.2, 0.25) is 0 Å². The molecular formula is C12H16N2S2. The average molecular weight is 252 g/mol. The Hall–Kier alpha value is -0.710. The van der Waals surface area contributed by atoms with E-state index in [1.54, 1.807) is 22.7 Å². The van der Waals surface area contributed by atoms with Crippen molar-refractivity contribution in [3.63, 3.8) is 0 Å². The molecule has 1 unspecified atom stereocenters. The molecule has 0 aliphatic carbocycles. The molecule has 0 aromatic carbocycles. The lowest BCUT2D eigenvalue weighted by Gasteiger charge is -2.14. The third kappa shape index (κ3) is 2.90. The third-order valence-corrected chi connectivity index (χ3v) is 3.99. The Balaban J connectivity index is 2.11. The summed E-state index contributed by atoms with van der Waals surface area (Å²) in [7, 11) is 0. The predicted molar refractivity (Wildman–Crippen MR) is 71.3 cm³/mol. The zero-order valence-electron chi connectivity index (χ0n) is 9.56. The van der Waals surface area contributed by atoms with Crippen molar-refractivity contribution in [2.45, 2.75) is 26.3 Å². The number of likely N-dealkylation sites (N-methyl/N-ethyl adjacent to an activating group) is 1. The monoisotopic (exact) mass is 252 g/mol. The summed E-state index contributed by atoms with van der Waals surface area (Å²) in [5.74, 6) is 0. The largest absolute Gasteiger partial charge is 0.309 e. The highest BCUT2D eigenvalue weighted by Crippen LogP contribution is 2.21. The Morgan fingerprint density at radius 2 is 2.31 bits per heavy atom. The van der Waals surface area contributed by atoms with Crippen molar-refractivity contribution < 1.29 is 0 Å². The maximum Gasteiger partial charge on any atom is 0.0898 e. The Labute approximate surface area is 104 Å². The van der Waals surface area contributed by atoms with Gasteiger partial charge in [-0.1, -0.05) is 6.92 Å². The van der Waals surface area contributed by atoms with E-state index < -0.39 is 0 Å². The smallest absolute Gasteiger partial charge is 0.0898 e. The molecule has 0 fully saturated rings. The van der Waals surface area contributed by atoms with Gasteiger partial charge in [-0.05, 0) is 42.3 Å². The summed E-state index contributed by atoms with van der Waals surface area (Å²) >= 11 is 3.48. The summed E-state index contributed by atoms with van der Waals surface area (Å²) in [6, 6.07) is 2.54. The molecule has 0 radical (unpaired) electrons. The lowest BCUT2D eigenvalue weighted by molar-refractivity contribution is 0.539. The van der Waals surface area contributed by atoms with E-state index in [9.17, 15) is 0 Å². The van der Waals surface area contributed by atoms with Crippen LogP contribution in [0.4, 0.5) is 0 Å². The molecule has 86 valence electrons. The van der Waals surface area contributed by atoms with Crippen LogP contribution >= 0.6 is 22.7 Å². The molecule has 16 heavy (non-hydrogen) atoms. The Morgan fingerprint density at radius 1 is 1.44 bits per heavy atom. The van der Waals surface area contributed by atoms with Crippen molar-refractivity contribution in [3.8, 4) is 0 Å². The first-order valence-electron chi connectivity index (χ1n) is 5.46. The van der Waals surface area contributed by atoms with Gasteiger partial charge in [-0.25, -0.2) is 4.98 Å². The van der Waals surface area contributed by atoms with Gasteiger partial charge < -0.3 is 5.32 Å². The number of aryl methyl sites for hydroxylation is 1. The highest BCUT2D eigenvalue weighted by atomic mass is 32.1. The Morgan fingerprint density at radius 3 is 2.88 bits per heavy atom. The topological polar surface area (TPSA) is 24.9 Å². The van der Waals surface area contributed by atoms with E-state index in [4.69, 9.17) is 0 Å². The van der Waals surface area contributed by atoms with E-state index in [1.165, 1.54) is 11.3 Å². The van der Waals surface area contributed by atoms with Crippen molar-refractivity contribution in [3.05, 3.63) is 38.5 Å². The van der Waals surface area contributed by atoms with Crippen LogP contribution in [0.1, 0.15) is 29.2 Å². The SMILES string of the molecule is CCNC(Cc1ccsc1)c1csc(C)n1. The third-order valence-electron chi connectivity index (χ3n) is 2.46. The van der Waals surface area contributed by atoms with Gasteiger partial charge in [0.2, 0.25) is 0 Å². The molecule has 0 amide bonds. The number of rotatable bonds is 5. The fourth-order valence-corrected chi connectivity index (χ4v) is 3.06. The maximum absolute atomic E-state index is 4.57. The number of nitrogens with zero attached hydrogens (tertiary/aromatic N) is 1. The number of thiophene rings is 1. The van der Waals surface area contributed by atoms with Crippen molar-refractivity contribution in [2.75, 3.05) is 6.54 Å². The second kappa shape index (κ2) is 5.57. The molecule has 2 heterocycles. The van der Waals surface area contributed by atoms with Crippen LogP contribution in [0.25, 0.3) is 0 Å². The lowest BCUT2D eigenvalue weighted by atomic mass is 10.1. The van der Waals surface area contributed by atoms with Crippen LogP contribution < -0.4 is 5.32 Å². The summed E-state index contributed by atoms with van der Waals surface area (Å²) in [5, 5.41) is 11.1. The van der Waals surface area contributed by atoms with Crippen LogP contribution in [-0.2, 0) is 6.42 Å². The lowest BCUT2D eigenvalue weighted by Crippen LogP contribution is -2.23. The molecule has 0 saturated heterocycles. The van der Waals surface area contributed by atoms with Crippen molar-refractivity contribution >= 4 is 22.7 Å².